The molecule has 0 saturated heterocycles. The second-order valence-corrected chi connectivity index (χ2v) is 6.83. The van der Waals surface area contributed by atoms with Gasteiger partial charge in [-0.3, -0.25) is 0 Å². The standard InChI is InChI=1S/C22H24BrN3O/c1-4-7-21(17-10-12-20(13-11-17)27-5-2)25-16(3)18(15-24)14-19-8-6-9-22(23)26-19/h6,8-14,21,25H,3-5,7H2,1-2H3/b18-14+. The number of allylic oxidation sites excluding steroid dienone is 1. The highest BCUT2D eigenvalue weighted by atomic mass is 79.9. The van der Waals surface area contributed by atoms with E-state index in [2.05, 4.69) is 57.9 Å². The van der Waals surface area contributed by atoms with E-state index >= 15 is 0 Å². The Morgan fingerprint density at radius 2 is 2.04 bits per heavy atom. The van der Waals surface area contributed by atoms with Gasteiger partial charge in [-0.1, -0.05) is 38.1 Å². The van der Waals surface area contributed by atoms with Crippen molar-refractivity contribution < 1.29 is 4.74 Å². The molecule has 1 atom stereocenters. The van der Waals surface area contributed by atoms with Crippen molar-refractivity contribution in [2.45, 2.75) is 32.7 Å². The maximum Gasteiger partial charge on any atom is 0.119 e. The SMILES string of the molecule is C=C(NC(CCC)c1ccc(OCC)cc1)/C(C#N)=C/c1cccc(Br)n1. The number of hydrogen-bond acceptors (Lipinski definition) is 4. The number of nitriles is 1. The topological polar surface area (TPSA) is 57.9 Å². The lowest BCUT2D eigenvalue weighted by Crippen LogP contribution is -2.21. The van der Waals surface area contributed by atoms with E-state index in [-0.39, 0.29) is 6.04 Å². The van der Waals surface area contributed by atoms with Crippen molar-refractivity contribution in [1.29, 1.82) is 5.26 Å². The molecular formula is C22H24BrN3O. The Balaban J connectivity index is 2.18. The predicted octanol–water partition coefficient (Wildman–Crippen LogP) is 5.79. The van der Waals surface area contributed by atoms with Crippen molar-refractivity contribution in [2.24, 2.45) is 0 Å². The molecule has 5 heteroatoms. The van der Waals surface area contributed by atoms with Gasteiger partial charge in [0.15, 0.2) is 0 Å². The smallest absolute Gasteiger partial charge is 0.119 e. The maximum absolute atomic E-state index is 9.56. The zero-order valence-corrected chi connectivity index (χ0v) is 17.3. The highest BCUT2D eigenvalue weighted by Crippen LogP contribution is 2.24. The van der Waals surface area contributed by atoms with E-state index in [1.165, 1.54) is 0 Å². The van der Waals surface area contributed by atoms with Crippen LogP contribution in [0.2, 0.25) is 0 Å². The Kier molecular flexibility index (Phi) is 8.09. The Hall–Kier alpha value is -2.58. The van der Waals surface area contributed by atoms with Gasteiger partial charge in [0.25, 0.3) is 0 Å². The van der Waals surface area contributed by atoms with Crippen LogP contribution in [0.5, 0.6) is 5.75 Å². The predicted molar refractivity (Wildman–Crippen MR) is 113 cm³/mol. The maximum atomic E-state index is 9.56. The van der Waals surface area contributed by atoms with Crippen LogP contribution in [-0.4, -0.2) is 11.6 Å². The molecule has 0 saturated carbocycles. The highest BCUT2D eigenvalue weighted by molar-refractivity contribution is 9.10. The number of benzene rings is 1. The summed E-state index contributed by atoms with van der Waals surface area (Å²) in [6.07, 6.45) is 3.68. The van der Waals surface area contributed by atoms with Crippen molar-refractivity contribution >= 4 is 22.0 Å². The molecule has 4 nitrogen and oxygen atoms in total. The Labute approximate surface area is 169 Å². The molecule has 1 unspecified atom stereocenters. The molecule has 1 aromatic heterocycles. The summed E-state index contributed by atoms with van der Waals surface area (Å²) in [5.74, 6) is 0.855. The molecule has 1 aromatic carbocycles. The van der Waals surface area contributed by atoms with E-state index in [9.17, 15) is 5.26 Å². The molecule has 0 radical (unpaired) electrons. The van der Waals surface area contributed by atoms with Crippen LogP contribution in [0.15, 0.2) is 64.9 Å². The largest absolute Gasteiger partial charge is 0.494 e. The first-order chi connectivity index (χ1) is 13.1. The average molecular weight is 426 g/mol. The number of hydrogen-bond donors (Lipinski definition) is 1. The third-order valence-electron chi connectivity index (χ3n) is 3.99. The van der Waals surface area contributed by atoms with Gasteiger partial charge in [-0.05, 0) is 65.2 Å². The monoisotopic (exact) mass is 425 g/mol. The van der Waals surface area contributed by atoms with E-state index in [4.69, 9.17) is 4.74 Å². The Morgan fingerprint density at radius 3 is 2.63 bits per heavy atom. The summed E-state index contributed by atoms with van der Waals surface area (Å²) in [6.45, 7) is 8.82. The highest BCUT2D eigenvalue weighted by Gasteiger charge is 2.13. The van der Waals surface area contributed by atoms with E-state index in [0.29, 0.717) is 23.6 Å². The molecule has 0 amide bonds. The van der Waals surface area contributed by atoms with E-state index in [1.807, 2.05) is 37.3 Å². The molecule has 1 heterocycles. The number of rotatable bonds is 9. The summed E-state index contributed by atoms with van der Waals surface area (Å²) in [4.78, 5) is 4.35. The van der Waals surface area contributed by atoms with Crippen LogP contribution in [0.4, 0.5) is 0 Å². The van der Waals surface area contributed by atoms with Gasteiger partial charge in [0, 0.05) is 5.70 Å². The van der Waals surface area contributed by atoms with E-state index < -0.39 is 0 Å². The number of nitrogens with zero attached hydrogens (tertiary/aromatic N) is 2. The van der Waals surface area contributed by atoms with Crippen molar-refractivity contribution in [2.75, 3.05) is 6.61 Å². The third kappa shape index (κ3) is 6.26. The fourth-order valence-corrected chi connectivity index (χ4v) is 3.06. The molecule has 0 aliphatic heterocycles. The average Bonchev–Trinajstić information content (AvgIpc) is 2.66. The number of pyridine rings is 1. The molecule has 2 rings (SSSR count). The lowest BCUT2D eigenvalue weighted by Gasteiger charge is -2.21. The molecule has 2 aromatic rings. The summed E-state index contributed by atoms with van der Waals surface area (Å²) >= 11 is 3.35. The molecular weight excluding hydrogens is 402 g/mol. The Bertz CT molecular complexity index is 837. The van der Waals surface area contributed by atoms with Crippen molar-refractivity contribution in [1.82, 2.24) is 10.3 Å². The van der Waals surface area contributed by atoms with Crippen molar-refractivity contribution in [3.05, 3.63) is 76.2 Å². The fraction of sp³-hybridized carbons (Fsp3) is 0.273. The van der Waals surface area contributed by atoms with Gasteiger partial charge in [0.2, 0.25) is 0 Å². The van der Waals surface area contributed by atoms with Crippen LogP contribution >= 0.6 is 15.9 Å². The number of ether oxygens (including phenoxy) is 1. The van der Waals surface area contributed by atoms with Crippen molar-refractivity contribution in [3.8, 4) is 11.8 Å². The molecule has 0 spiro atoms. The molecule has 0 fully saturated rings. The summed E-state index contributed by atoms with van der Waals surface area (Å²) < 4.78 is 6.24. The van der Waals surface area contributed by atoms with Crippen LogP contribution in [0.1, 0.15) is 44.0 Å². The van der Waals surface area contributed by atoms with Crippen LogP contribution in [0.3, 0.4) is 0 Å². The quantitative estimate of drug-likeness (QED) is 0.313. The molecule has 1 N–H and O–H groups in total. The lowest BCUT2D eigenvalue weighted by atomic mass is 10.0. The zero-order chi connectivity index (χ0) is 19.6. The van der Waals surface area contributed by atoms with Crippen LogP contribution in [0, 0.1) is 11.3 Å². The zero-order valence-electron chi connectivity index (χ0n) is 15.7. The summed E-state index contributed by atoms with van der Waals surface area (Å²) in [7, 11) is 0. The molecule has 0 bridgehead atoms. The van der Waals surface area contributed by atoms with Gasteiger partial charge < -0.3 is 10.1 Å². The van der Waals surface area contributed by atoms with Crippen LogP contribution in [0.25, 0.3) is 6.08 Å². The molecule has 0 aliphatic carbocycles. The summed E-state index contributed by atoms with van der Waals surface area (Å²) in [5.41, 5.74) is 2.90. The minimum Gasteiger partial charge on any atom is -0.494 e. The van der Waals surface area contributed by atoms with Gasteiger partial charge in [-0.15, -0.1) is 0 Å². The minimum absolute atomic E-state index is 0.0744. The molecule has 27 heavy (non-hydrogen) atoms. The first-order valence-electron chi connectivity index (χ1n) is 9.00. The van der Waals surface area contributed by atoms with Crippen LogP contribution < -0.4 is 10.1 Å². The third-order valence-corrected chi connectivity index (χ3v) is 4.44. The second kappa shape index (κ2) is 10.5. The summed E-state index contributed by atoms with van der Waals surface area (Å²) in [6, 6.07) is 15.9. The molecule has 140 valence electrons. The number of aromatic nitrogens is 1. The van der Waals surface area contributed by atoms with Crippen LogP contribution in [-0.2, 0) is 0 Å². The minimum atomic E-state index is 0.0744. The van der Waals surface area contributed by atoms with Gasteiger partial charge >= 0.3 is 0 Å². The summed E-state index contributed by atoms with van der Waals surface area (Å²) in [5, 5.41) is 13.0. The lowest BCUT2D eigenvalue weighted by molar-refractivity contribution is 0.340. The van der Waals surface area contributed by atoms with Gasteiger partial charge in [-0.25, -0.2) is 4.98 Å². The van der Waals surface area contributed by atoms with Gasteiger partial charge in [0.05, 0.1) is 23.9 Å². The number of halogens is 1. The Morgan fingerprint density at radius 1 is 1.30 bits per heavy atom. The first kappa shape index (κ1) is 20.7. The first-order valence-corrected chi connectivity index (χ1v) is 9.79. The fourth-order valence-electron chi connectivity index (χ4n) is 2.70. The van der Waals surface area contributed by atoms with Gasteiger partial charge in [0.1, 0.15) is 16.4 Å². The van der Waals surface area contributed by atoms with Crippen molar-refractivity contribution in [3.63, 3.8) is 0 Å². The number of nitrogens with one attached hydrogen (secondary N) is 1. The second-order valence-electron chi connectivity index (χ2n) is 6.02. The van der Waals surface area contributed by atoms with Gasteiger partial charge in [-0.2, -0.15) is 5.26 Å². The van der Waals surface area contributed by atoms with E-state index in [1.54, 1.807) is 6.08 Å². The molecule has 0 aliphatic rings. The van der Waals surface area contributed by atoms with E-state index in [0.717, 1.165) is 28.8 Å². The normalized spacial score (nSPS) is 12.1.